The molecule has 0 spiro atoms. The first-order valence-corrected chi connectivity index (χ1v) is 10.2. The molecule has 3 aromatic rings. The molecular weight excluding hydrogens is 400 g/mol. The van der Waals surface area contributed by atoms with Gasteiger partial charge in [0.05, 0.1) is 5.39 Å². The van der Waals surface area contributed by atoms with Gasteiger partial charge in [-0.1, -0.05) is 18.2 Å². The van der Waals surface area contributed by atoms with Gasteiger partial charge in [0.1, 0.15) is 16.4 Å². The largest absolute Gasteiger partial charge is 0.434 e. The molecule has 1 amide bonds. The molecule has 1 aliphatic rings. The van der Waals surface area contributed by atoms with Crippen molar-refractivity contribution in [1.29, 1.82) is 0 Å². The molecule has 2 N–H and O–H groups in total. The third-order valence-corrected chi connectivity index (χ3v) is 6.06. The van der Waals surface area contributed by atoms with Crippen LogP contribution in [0.1, 0.15) is 34.7 Å². The maximum Gasteiger partial charge on any atom is 0.387 e. The number of ether oxygens (including phenoxy) is 1. The van der Waals surface area contributed by atoms with Crippen LogP contribution in [-0.2, 0) is 30.6 Å². The summed E-state index contributed by atoms with van der Waals surface area (Å²) in [5.41, 5.74) is 1.43. The zero-order valence-electron chi connectivity index (χ0n) is 15.5. The Hall–Kier alpha value is -2.81. The number of para-hydroxylation sites is 1. The molecule has 0 aliphatic heterocycles. The number of aromatic amines is 1. The van der Waals surface area contributed by atoms with Gasteiger partial charge < -0.3 is 15.0 Å². The topological polar surface area (TPSA) is 84.1 Å². The van der Waals surface area contributed by atoms with Gasteiger partial charge in [-0.25, -0.2) is 4.98 Å². The van der Waals surface area contributed by atoms with Crippen molar-refractivity contribution in [3.8, 4) is 5.75 Å². The van der Waals surface area contributed by atoms with Crippen molar-refractivity contribution in [3.63, 3.8) is 0 Å². The number of thiophene rings is 1. The SMILES string of the molecule is O=C(CCc1nc2sc3c(c2c(=O)[nH]1)CCC3)NCc1ccccc1OC(F)F. The molecule has 0 saturated heterocycles. The highest BCUT2D eigenvalue weighted by atomic mass is 32.1. The van der Waals surface area contributed by atoms with Crippen LogP contribution in [0.25, 0.3) is 10.2 Å². The average Bonchev–Trinajstić information content (AvgIpc) is 3.26. The van der Waals surface area contributed by atoms with E-state index in [1.165, 1.54) is 10.9 Å². The van der Waals surface area contributed by atoms with E-state index >= 15 is 0 Å². The molecule has 9 heteroatoms. The van der Waals surface area contributed by atoms with Crippen molar-refractivity contribution in [2.45, 2.75) is 45.3 Å². The number of hydrogen-bond donors (Lipinski definition) is 2. The Balaban J connectivity index is 1.37. The van der Waals surface area contributed by atoms with E-state index in [9.17, 15) is 18.4 Å². The van der Waals surface area contributed by atoms with Crippen LogP contribution in [0.2, 0.25) is 0 Å². The van der Waals surface area contributed by atoms with Crippen molar-refractivity contribution in [2.75, 3.05) is 0 Å². The van der Waals surface area contributed by atoms with Gasteiger partial charge in [0.25, 0.3) is 5.56 Å². The minimum absolute atomic E-state index is 0.0324. The van der Waals surface area contributed by atoms with E-state index in [4.69, 9.17) is 0 Å². The van der Waals surface area contributed by atoms with Gasteiger partial charge in [0.15, 0.2) is 0 Å². The molecule has 4 rings (SSSR count). The van der Waals surface area contributed by atoms with Crippen LogP contribution in [-0.4, -0.2) is 22.5 Å². The van der Waals surface area contributed by atoms with Crippen molar-refractivity contribution in [1.82, 2.24) is 15.3 Å². The molecule has 1 aromatic carbocycles. The monoisotopic (exact) mass is 419 g/mol. The van der Waals surface area contributed by atoms with Crippen molar-refractivity contribution in [3.05, 3.63) is 56.4 Å². The highest BCUT2D eigenvalue weighted by molar-refractivity contribution is 7.18. The first-order valence-electron chi connectivity index (χ1n) is 9.34. The second kappa shape index (κ2) is 8.28. The predicted molar refractivity (Wildman–Crippen MR) is 106 cm³/mol. The number of nitrogens with one attached hydrogen (secondary N) is 2. The third-order valence-electron chi connectivity index (χ3n) is 4.88. The fourth-order valence-electron chi connectivity index (χ4n) is 3.54. The molecule has 6 nitrogen and oxygen atoms in total. The van der Waals surface area contributed by atoms with E-state index in [1.807, 2.05) is 0 Å². The molecule has 29 heavy (non-hydrogen) atoms. The van der Waals surface area contributed by atoms with E-state index in [0.29, 0.717) is 16.8 Å². The molecular formula is C20H19F2N3O3S. The van der Waals surface area contributed by atoms with Crippen LogP contribution < -0.4 is 15.6 Å². The van der Waals surface area contributed by atoms with Crippen LogP contribution in [0.3, 0.4) is 0 Å². The summed E-state index contributed by atoms with van der Waals surface area (Å²) < 4.78 is 29.4. The summed E-state index contributed by atoms with van der Waals surface area (Å²) in [6.07, 6.45) is 3.39. The molecule has 0 unspecified atom stereocenters. The summed E-state index contributed by atoms with van der Waals surface area (Å²) in [5.74, 6) is 0.234. The molecule has 0 saturated carbocycles. The second-order valence-corrected chi connectivity index (χ2v) is 7.90. The lowest BCUT2D eigenvalue weighted by atomic mass is 10.2. The maximum absolute atomic E-state index is 12.5. The Morgan fingerprint density at radius 1 is 1.31 bits per heavy atom. The Bertz CT molecular complexity index is 1110. The minimum atomic E-state index is -2.93. The fourth-order valence-corrected chi connectivity index (χ4v) is 4.82. The van der Waals surface area contributed by atoms with Crippen LogP contribution in [0.4, 0.5) is 8.78 Å². The van der Waals surface area contributed by atoms with Crippen LogP contribution in [0.5, 0.6) is 5.75 Å². The normalized spacial score (nSPS) is 13.1. The molecule has 0 atom stereocenters. The number of alkyl halides is 2. The Morgan fingerprint density at radius 2 is 2.14 bits per heavy atom. The number of rotatable bonds is 7. The quantitative estimate of drug-likeness (QED) is 0.615. The molecule has 0 radical (unpaired) electrons. The Kier molecular flexibility index (Phi) is 5.57. The molecule has 2 heterocycles. The highest BCUT2D eigenvalue weighted by Gasteiger charge is 2.21. The van der Waals surface area contributed by atoms with Crippen molar-refractivity contribution in [2.24, 2.45) is 0 Å². The number of nitrogens with zero attached hydrogens (tertiary/aromatic N) is 1. The fraction of sp³-hybridized carbons (Fsp3) is 0.350. The number of benzene rings is 1. The van der Waals surface area contributed by atoms with E-state index in [-0.39, 0.29) is 36.6 Å². The van der Waals surface area contributed by atoms with Gasteiger partial charge in [-0.15, -0.1) is 11.3 Å². The van der Waals surface area contributed by atoms with Gasteiger partial charge in [-0.3, -0.25) is 9.59 Å². The lowest BCUT2D eigenvalue weighted by Crippen LogP contribution is -2.24. The number of aryl methyl sites for hydroxylation is 3. The zero-order valence-corrected chi connectivity index (χ0v) is 16.3. The Morgan fingerprint density at radius 3 is 2.97 bits per heavy atom. The summed E-state index contributed by atoms with van der Waals surface area (Å²) in [4.78, 5) is 33.9. The lowest BCUT2D eigenvalue weighted by molar-refractivity contribution is -0.121. The van der Waals surface area contributed by atoms with Crippen LogP contribution >= 0.6 is 11.3 Å². The number of amides is 1. The summed E-state index contributed by atoms with van der Waals surface area (Å²) >= 11 is 1.56. The third kappa shape index (κ3) is 4.29. The number of aromatic nitrogens is 2. The summed E-state index contributed by atoms with van der Waals surface area (Å²) in [6, 6.07) is 6.31. The standard InChI is InChI=1S/C20H19F2N3O3S/c21-20(22)28-13-6-2-1-4-11(13)10-23-16(26)9-8-15-24-18(27)17-12-5-3-7-14(12)29-19(17)25-15/h1-2,4,6,20H,3,5,7-10H2,(H,23,26)(H,24,25,27). The van der Waals surface area contributed by atoms with E-state index in [0.717, 1.165) is 29.7 Å². The van der Waals surface area contributed by atoms with E-state index in [2.05, 4.69) is 20.0 Å². The predicted octanol–water partition coefficient (Wildman–Crippen LogP) is 3.32. The zero-order chi connectivity index (χ0) is 20.4. The van der Waals surface area contributed by atoms with Gasteiger partial charge in [-0.2, -0.15) is 8.78 Å². The minimum Gasteiger partial charge on any atom is -0.434 e. The number of carbonyl (C=O) groups excluding carboxylic acids is 1. The van der Waals surface area contributed by atoms with Crippen molar-refractivity contribution < 1.29 is 18.3 Å². The average molecular weight is 419 g/mol. The number of hydrogen-bond acceptors (Lipinski definition) is 5. The van der Waals surface area contributed by atoms with Gasteiger partial charge >= 0.3 is 6.61 Å². The van der Waals surface area contributed by atoms with Crippen LogP contribution in [0.15, 0.2) is 29.1 Å². The van der Waals surface area contributed by atoms with Gasteiger partial charge in [0.2, 0.25) is 5.91 Å². The molecule has 152 valence electrons. The number of fused-ring (bicyclic) bond motifs is 3. The summed E-state index contributed by atoms with van der Waals surface area (Å²) in [6.45, 7) is -2.86. The smallest absolute Gasteiger partial charge is 0.387 e. The molecule has 2 aromatic heterocycles. The van der Waals surface area contributed by atoms with Gasteiger partial charge in [0, 0.05) is 29.8 Å². The lowest BCUT2D eigenvalue weighted by Gasteiger charge is -2.11. The number of H-pyrrole nitrogens is 1. The number of carbonyl (C=O) groups is 1. The first kappa shape index (κ1) is 19.5. The van der Waals surface area contributed by atoms with Crippen molar-refractivity contribution >= 4 is 27.5 Å². The molecule has 1 aliphatic carbocycles. The molecule has 0 bridgehead atoms. The first-order chi connectivity index (χ1) is 14.0. The second-order valence-electron chi connectivity index (χ2n) is 6.81. The summed E-state index contributed by atoms with van der Waals surface area (Å²) in [7, 11) is 0. The van der Waals surface area contributed by atoms with E-state index < -0.39 is 6.61 Å². The molecule has 0 fully saturated rings. The van der Waals surface area contributed by atoms with E-state index in [1.54, 1.807) is 29.5 Å². The van der Waals surface area contributed by atoms with Crippen LogP contribution in [0, 0.1) is 0 Å². The number of halogens is 2. The maximum atomic E-state index is 12.5. The Labute approximate surface area is 168 Å². The van der Waals surface area contributed by atoms with Gasteiger partial charge in [-0.05, 0) is 30.9 Å². The highest BCUT2D eigenvalue weighted by Crippen LogP contribution is 2.34. The summed E-state index contributed by atoms with van der Waals surface area (Å²) in [5, 5.41) is 3.37.